The van der Waals surface area contributed by atoms with Gasteiger partial charge in [-0.15, -0.1) is 11.3 Å². The van der Waals surface area contributed by atoms with Crippen LogP contribution < -0.4 is 5.73 Å². The topological polar surface area (TPSA) is 63.4 Å². The number of halogens is 1. The normalized spacial score (nSPS) is 27.2. The zero-order valence-electron chi connectivity index (χ0n) is 9.47. The van der Waals surface area contributed by atoms with E-state index >= 15 is 0 Å². The molecule has 1 aliphatic rings. The molecule has 1 saturated heterocycles. The fraction of sp³-hybridized carbons (Fsp3) is 0.600. The van der Waals surface area contributed by atoms with Gasteiger partial charge in [0.15, 0.2) is 0 Å². The van der Waals surface area contributed by atoms with E-state index in [4.69, 9.17) is 5.73 Å². The van der Waals surface area contributed by atoms with Crippen molar-refractivity contribution in [1.29, 1.82) is 0 Å². The molecule has 0 saturated carbocycles. The molecule has 0 aromatic carbocycles. The summed E-state index contributed by atoms with van der Waals surface area (Å²) in [6.45, 7) is 3.03. The summed E-state index contributed by atoms with van der Waals surface area (Å²) in [5.41, 5.74) is 5.90. The fourth-order valence-corrected chi connectivity index (χ4v) is 5.63. The molecular formula is C10H15BrN2O2S2. The van der Waals surface area contributed by atoms with Gasteiger partial charge >= 0.3 is 0 Å². The van der Waals surface area contributed by atoms with Crippen LogP contribution in [0.15, 0.2) is 20.1 Å². The Morgan fingerprint density at radius 3 is 2.76 bits per heavy atom. The Balaban J connectivity index is 2.22. The minimum absolute atomic E-state index is 0.108. The molecule has 17 heavy (non-hydrogen) atoms. The number of hydrogen-bond acceptors (Lipinski definition) is 4. The van der Waals surface area contributed by atoms with Crippen LogP contribution in [0, 0.1) is 5.92 Å². The molecule has 0 aliphatic carbocycles. The van der Waals surface area contributed by atoms with E-state index in [1.165, 1.54) is 11.3 Å². The minimum Gasteiger partial charge on any atom is -0.327 e. The summed E-state index contributed by atoms with van der Waals surface area (Å²) < 4.78 is 27.4. The van der Waals surface area contributed by atoms with Crippen LogP contribution in [-0.4, -0.2) is 31.9 Å². The summed E-state index contributed by atoms with van der Waals surface area (Å²) in [4.78, 5) is 0. The smallest absolute Gasteiger partial charge is 0.252 e. The molecule has 2 unspecified atom stereocenters. The van der Waals surface area contributed by atoms with Crippen LogP contribution in [0.25, 0.3) is 0 Å². The molecule has 0 bridgehead atoms. The van der Waals surface area contributed by atoms with E-state index in [9.17, 15) is 8.42 Å². The number of hydrogen-bond donors (Lipinski definition) is 1. The molecule has 0 radical (unpaired) electrons. The first-order chi connectivity index (χ1) is 7.91. The van der Waals surface area contributed by atoms with Gasteiger partial charge in [-0.3, -0.25) is 0 Å². The van der Waals surface area contributed by atoms with Gasteiger partial charge in [-0.2, -0.15) is 4.31 Å². The number of thiophene rings is 1. The highest BCUT2D eigenvalue weighted by Gasteiger charge is 2.32. The van der Waals surface area contributed by atoms with E-state index in [1.807, 2.05) is 6.92 Å². The van der Waals surface area contributed by atoms with Crippen molar-refractivity contribution in [3.05, 3.63) is 15.9 Å². The first kappa shape index (κ1) is 13.5. The van der Waals surface area contributed by atoms with Crippen molar-refractivity contribution < 1.29 is 8.42 Å². The van der Waals surface area contributed by atoms with Crippen LogP contribution in [0.4, 0.5) is 0 Å². The van der Waals surface area contributed by atoms with Gasteiger partial charge in [-0.1, -0.05) is 6.92 Å². The van der Waals surface area contributed by atoms with Crippen LogP contribution in [0.5, 0.6) is 0 Å². The van der Waals surface area contributed by atoms with Crippen molar-refractivity contribution in [3.8, 4) is 0 Å². The molecule has 7 heteroatoms. The summed E-state index contributed by atoms with van der Waals surface area (Å²) >= 11 is 4.53. The van der Waals surface area contributed by atoms with Crippen molar-refractivity contribution in [1.82, 2.24) is 4.31 Å². The Hall–Kier alpha value is 0.0500. The molecule has 1 aromatic heterocycles. The zero-order valence-corrected chi connectivity index (χ0v) is 12.7. The number of rotatable bonds is 2. The third-order valence-electron chi connectivity index (χ3n) is 3.08. The summed E-state index contributed by atoms with van der Waals surface area (Å²) in [7, 11) is -3.33. The Bertz CT molecular complexity index is 500. The minimum atomic E-state index is -3.33. The maximum atomic E-state index is 12.3. The summed E-state index contributed by atoms with van der Waals surface area (Å²) in [6.07, 6.45) is 0.729. The molecule has 96 valence electrons. The van der Waals surface area contributed by atoms with Crippen molar-refractivity contribution in [2.45, 2.75) is 23.6 Å². The van der Waals surface area contributed by atoms with Gasteiger partial charge in [-0.05, 0) is 40.4 Å². The van der Waals surface area contributed by atoms with Gasteiger partial charge in [0, 0.05) is 19.1 Å². The first-order valence-corrected chi connectivity index (χ1v) is 8.47. The molecule has 1 aromatic rings. The van der Waals surface area contributed by atoms with Gasteiger partial charge in [0.05, 0.1) is 3.79 Å². The largest absolute Gasteiger partial charge is 0.327 e. The highest BCUT2D eigenvalue weighted by atomic mass is 79.9. The predicted octanol–water partition coefficient (Wildman–Crippen LogP) is 1.87. The average molecular weight is 339 g/mol. The fourth-order valence-electron chi connectivity index (χ4n) is 1.91. The van der Waals surface area contributed by atoms with Gasteiger partial charge in [0.1, 0.15) is 4.21 Å². The van der Waals surface area contributed by atoms with Crippen molar-refractivity contribution >= 4 is 37.3 Å². The van der Waals surface area contributed by atoms with Crippen LogP contribution in [0.3, 0.4) is 0 Å². The van der Waals surface area contributed by atoms with E-state index in [-0.39, 0.29) is 12.0 Å². The third kappa shape index (κ3) is 2.73. The average Bonchev–Trinajstić information content (AvgIpc) is 2.69. The van der Waals surface area contributed by atoms with Crippen molar-refractivity contribution in [2.75, 3.05) is 13.1 Å². The molecule has 2 N–H and O–H groups in total. The van der Waals surface area contributed by atoms with Gasteiger partial charge < -0.3 is 5.73 Å². The molecule has 4 nitrogen and oxygen atoms in total. The van der Waals surface area contributed by atoms with Crippen molar-refractivity contribution in [2.24, 2.45) is 11.7 Å². The second-order valence-corrected chi connectivity index (χ2v) is 8.98. The summed E-state index contributed by atoms with van der Waals surface area (Å²) in [5.74, 6) is 0.210. The van der Waals surface area contributed by atoms with Crippen LogP contribution in [-0.2, 0) is 10.0 Å². The molecule has 2 rings (SSSR count). The summed E-state index contributed by atoms with van der Waals surface area (Å²) in [5, 5.41) is 0. The Morgan fingerprint density at radius 1 is 1.53 bits per heavy atom. The van der Waals surface area contributed by atoms with Gasteiger partial charge in [0.2, 0.25) is 0 Å². The van der Waals surface area contributed by atoms with E-state index in [0.717, 1.165) is 10.2 Å². The lowest BCUT2D eigenvalue weighted by atomic mass is 9.96. The van der Waals surface area contributed by atoms with Gasteiger partial charge in [-0.25, -0.2) is 8.42 Å². The first-order valence-electron chi connectivity index (χ1n) is 5.42. The molecule has 0 amide bonds. The van der Waals surface area contributed by atoms with Crippen LogP contribution >= 0.6 is 27.3 Å². The predicted molar refractivity (Wildman–Crippen MR) is 72.5 cm³/mol. The number of sulfonamides is 1. The molecule has 2 atom stereocenters. The lowest BCUT2D eigenvalue weighted by molar-refractivity contribution is 0.250. The highest BCUT2D eigenvalue weighted by molar-refractivity contribution is 9.11. The number of nitrogens with zero attached hydrogens (tertiary/aromatic N) is 1. The van der Waals surface area contributed by atoms with E-state index in [0.29, 0.717) is 17.3 Å². The maximum Gasteiger partial charge on any atom is 0.252 e. The Morgan fingerprint density at radius 2 is 2.24 bits per heavy atom. The monoisotopic (exact) mass is 338 g/mol. The SMILES string of the molecule is CC1CN(S(=O)(=O)c2ccc(Br)s2)CCC1N. The molecule has 0 spiro atoms. The van der Waals surface area contributed by atoms with Crippen LogP contribution in [0.1, 0.15) is 13.3 Å². The summed E-state index contributed by atoms with van der Waals surface area (Å²) in [6, 6.07) is 3.51. The van der Waals surface area contributed by atoms with E-state index < -0.39 is 10.0 Å². The molecule has 1 aliphatic heterocycles. The molecule has 2 heterocycles. The van der Waals surface area contributed by atoms with Crippen molar-refractivity contribution in [3.63, 3.8) is 0 Å². The number of nitrogens with two attached hydrogens (primary N) is 1. The number of piperidine rings is 1. The highest BCUT2D eigenvalue weighted by Crippen LogP contribution is 2.30. The lowest BCUT2D eigenvalue weighted by Crippen LogP contribution is -2.47. The third-order valence-corrected chi connectivity index (χ3v) is 7.03. The van der Waals surface area contributed by atoms with Gasteiger partial charge in [0.25, 0.3) is 10.0 Å². The zero-order chi connectivity index (χ0) is 12.6. The maximum absolute atomic E-state index is 12.3. The van der Waals surface area contributed by atoms with E-state index in [2.05, 4.69) is 15.9 Å². The standard InChI is InChI=1S/C10H15BrN2O2S2/c1-7-6-13(5-4-8(7)12)17(14,15)10-3-2-9(11)16-10/h2-3,7-8H,4-6,12H2,1H3. The second kappa shape index (κ2) is 4.97. The Labute approximate surface area is 114 Å². The second-order valence-electron chi connectivity index (χ2n) is 4.35. The Kier molecular flexibility index (Phi) is 3.94. The lowest BCUT2D eigenvalue weighted by Gasteiger charge is -2.33. The quantitative estimate of drug-likeness (QED) is 0.895. The molecular weight excluding hydrogens is 324 g/mol. The molecule has 1 fully saturated rings. The van der Waals surface area contributed by atoms with Crippen LogP contribution in [0.2, 0.25) is 0 Å². The van der Waals surface area contributed by atoms with E-state index in [1.54, 1.807) is 16.4 Å².